The Morgan fingerprint density at radius 2 is 1.73 bits per heavy atom. The fourth-order valence-corrected chi connectivity index (χ4v) is 5.05. The van der Waals surface area contributed by atoms with Gasteiger partial charge in [0.1, 0.15) is 11.6 Å². The molecule has 234 valence electrons. The van der Waals surface area contributed by atoms with Crippen molar-refractivity contribution in [1.29, 1.82) is 0 Å². The van der Waals surface area contributed by atoms with Crippen molar-refractivity contribution < 1.29 is 40.6 Å². The lowest BCUT2D eigenvalue weighted by Gasteiger charge is -2.15. The number of ether oxygens (including phenoxy) is 1. The van der Waals surface area contributed by atoms with E-state index < -0.39 is 46.9 Å². The lowest BCUT2D eigenvalue weighted by atomic mass is 9.98. The third-order valence-electron chi connectivity index (χ3n) is 6.61. The number of hydrogen-bond donors (Lipinski definition) is 3. The van der Waals surface area contributed by atoms with Crippen LogP contribution in [0.5, 0.6) is 5.75 Å². The zero-order valence-corrected chi connectivity index (χ0v) is 24.2. The molecule has 2 heterocycles. The molecule has 0 fully saturated rings. The second kappa shape index (κ2) is 12.5. The van der Waals surface area contributed by atoms with Crippen LogP contribution in [0, 0.1) is 5.82 Å². The molecule has 0 saturated carbocycles. The fourth-order valence-electron chi connectivity index (χ4n) is 4.41. The van der Waals surface area contributed by atoms with Crippen molar-refractivity contribution >= 4 is 38.7 Å². The average Bonchev–Trinajstić information content (AvgIpc) is 3.39. The van der Waals surface area contributed by atoms with Gasteiger partial charge in [0, 0.05) is 29.3 Å². The summed E-state index contributed by atoms with van der Waals surface area (Å²) in [5.41, 5.74) is 2.24. The van der Waals surface area contributed by atoms with Gasteiger partial charge in [-0.15, -0.1) is 5.10 Å². The first-order valence-corrected chi connectivity index (χ1v) is 15.1. The first-order chi connectivity index (χ1) is 21.3. The van der Waals surface area contributed by atoms with Gasteiger partial charge in [-0.2, -0.15) is 18.2 Å². The van der Waals surface area contributed by atoms with E-state index in [0.717, 1.165) is 30.0 Å². The van der Waals surface area contributed by atoms with Gasteiger partial charge in [0.25, 0.3) is 0 Å². The summed E-state index contributed by atoms with van der Waals surface area (Å²) < 4.78 is 82.9. The van der Waals surface area contributed by atoms with Gasteiger partial charge in [-0.25, -0.2) is 17.3 Å². The molecule has 0 aliphatic heterocycles. The summed E-state index contributed by atoms with van der Waals surface area (Å²) in [7, 11) is -3.68. The predicted octanol–water partition coefficient (Wildman–Crippen LogP) is 5.34. The van der Waals surface area contributed by atoms with Gasteiger partial charge in [0.05, 0.1) is 23.1 Å². The summed E-state index contributed by atoms with van der Waals surface area (Å²) in [6.07, 6.45) is -2.00. The van der Waals surface area contributed by atoms with Crippen LogP contribution in [0.1, 0.15) is 11.5 Å². The molecule has 0 bridgehead atoms. The highest BCUT2D eigenvalue weighted by molar-refractivity contribution is 7.90. The number of aliphatic hydroxyl groups excluding tert-OH is 1. The molecule has 5 rings (SSSR count). The Morgan fingerprint density at radius 3 is 2.40 bits per heavy atom. The van der Waals surface area contributed by atoms with Crippen LogP contribution < -0.4 is 15.4 Å². The molecule has 15 heteroatoms. The van der Waals surface area contributed by atoms with E-state index in [1.54, 1.807) is 48.7 Å². The number of nitrogens with zero attached hydrogens (tertiary/aromatic N) is 3. The standard InChI is InChI=1S/C30H25F4N5O5S/c1-45(42,43)21-11-12-26(44-17-30(32,33)34)25(14-21)36-29-37-27-13-8-19(15-39(27)38-29)18-6-9-20(10-7-18)35-28(41)23(16-40)22-4-2-3-5-24(22)31/h2-15,23,40H,16-17H2,1H3,(H,35,41)(H,36,38). The monoisotopic (exact) mass is 643 g/mol. The van der Waals surface area contributed by atoms with Crippen LogP contribution in [-0.2, 0) is 14.6 Å². The molecule has 0 spiro atoms. The Labute approximate surface area is 254 Å². The number of benzene rings is 3. The number of anilines is 3. The smallest absolute Gasteiger partial charge is 0.422 e. The minimum absolute atomic E-state index is 0.0268. The number of hydrogen-bond acceptors (Lipinski definition) is 8. The van der Waals surface area contributed by atoms with Gasteiger partial charge in [0.2, 0.25) is 11.9 Å². The SMILES string of the molecule is CS(=O)(=O)c1ccc(OCC(F)(F)F)c(Nc2nc3ccc(-c4ccc(NC(=O)C(CO)c5ccccc5F)cc4)cn3n2)c1. The number of aromatic nitrogens is 3. The number of nitrogens with one attached hydrogen (secondary N) is 2. The molecule has 2 aromatic heterocycles. The number of aliphatic hydroxyl groups is 1. The van der Waals surface area contributed by atoms with E-state index in [0.29, 0.717) is 16.9 Å². The van der Waals surface area contributed by atoms with Gasteiger partial charge in [-0.1, -0.05) is 30.3 Å². The third kappa shape index (κ3) is 7.56. The van der Waals surface area contributed by atoms with Gasteiger partial charge < -0.3 is 20.5 Å². The van der Waals surface area contributed by atoms with Crippen molar-refractivity contribution in [3.8, 4) is 16.9 Å². The van der Waals surface area contributed by atoms with Crippen molar-refractivity contribution in [3.63, 3.8) is 0 Å². The van der Waals surface area contributed by atoms with E-state index in [-0.39, 0.29) is 27.8 Å². The summed E-state index contributed by atoms with van der Waals surface area (Å²) >= 11 is 0. The largest absolute Gasteiger partial charge is 0.482 e. The Morgan fingerprint density at radius 1 is 1.02 bits per heavy atom. The van der Waals surface area contributed by atoms with E-state index in [1.807, 2.05) is 0 Å². The van der Waals surface area contributed by atoms with E-state index in [9.17, 15) is 35.9 Å². The molecule has 5 aromatic rings. The molecule has 3 N–H and O–H groups in total. The van der Waals surface area contributed by atoms with Crippen molar-refractivity contribution in [2.24, 2.45) is 0 Å². The Hall–Kier alpha value is -5.02. The first kappa shape index (κ1) is 31.4. The van der Waals surface area contributed by atoms with E-state index in [4.69, 9.17) is 4.74 Å². The summed E-state index contributed by atoms with van der Waals surface area (Å²) in [5, 5.41) is 19.4. The molecule has 1 atom stereocenters. The van der Waals surface area contributed by atoms with Gasteiger partial charge >= 0.3 is 6.18 Å². The molecule has 0 aliphatic carbocycles. The van der Waals surface area contributed by atoms with Gasteiger partial charge in [0.15, 0.2) is 22.1 Å². The average molecular weight is 644 g/mol. The Bertz CT molecular complexity index is 1960. The Balaban J connectivity index is 1.34. The number of carbonyl (C=O) groups excluding carboxylic acids is 1. The molecule has 3 aromatic carbocycles. The number of sulfone groups is 1. The number of alkyl halides is 3. The Kier molecular flexibility index (Phi) is 8.75. The fraction of sp³-hybridized carbons (Fsp3) is 0.167. The van der Waals surface area contributed by atoms with Crippen molar-refractivity contribution in [2.75, 3.05) is 30.1 Å². The lowest BCUT2D eigenvalue weighted by molar-refractivity contribution is -0.153. The summed E-state index contributed by atoms with van der Waals surface area (Å²) in [6, 6.07) is 19.3. The van der Waals surface area contributed by atoms with Crippen molar-refractivity contribution in [1.82, 2.24) is 14.6 Å². The van der Waals surface area contributed by atoms with E-state index in [2.05, 4.69) is 20.7 Å². The molecule has 0 aliphatic rings. The molecule has 10 nitrogen and oxygen atoms in total. The molecular weight excluding hydrogens is 618 g/mol. The minimum Gasteiger partial charge on any atom is -0.482 e. The topological polar surface area (TPSA) is 135 Å². The highest BCUT2D eigenvalue weighted by atomic mass is 32.2. The van der Waals surface area contributed by atoms with E-state index in [1.165, 1.54) is 22.7 Å². The van der Waals surface area contributed by atoms with Crippen LogP contribution in [0.2, 0.25) is 0 Å². The van der Waals surface area contributed by atoms with Crippen LogP contribution in [0.15, 0.2) is 90.0 Å². The number of halogens is 4. The van der Waals surface area contributed by atoms with E-state index >= 15 is 0 Å². The second-order valence-electron chi connectivity index (χ2n) is 9.94. The maximum absolute atomic E-state index is 14.2. The van der Waals surface area contributed by atoms with Crippen LogP contribution in [0.25, 0.3) is 16.8 Å². The second-order valence-corrected chi connectivity index (χ2v) is 12.0. The van der Waals surface area contributed by atoms with Crippen molar-refractivity contribution in [2.45, 2.75) is 17.0 Å². The van der Waals surface area contributed by atoms with Crippen LogP contribution in [-0.4, -0.2) is 59.7 Å². The third-order valence-corrected chi connectivity index (χ3v) is 7.72. The zero-order chi connectivity index (χ0) is 32.4. The molecular formula is C30H25F4N5O5S. The summed E-state index contributed by atoms with van der Waals surface area (Å²) in [5.74, 6) is -2.54. The molecule has 45 heavy (non-hydrogen) atoms. The number of carbonyl (C=O) groups is 1. The number of rotatable bonds is 10. The highest BCUT2D eigenvalue weighted by Gasteiger charge is 2.29. The summed E-state index contributed by atoms with van der Waals surface area (Å²) in [6.45, 7) is -2.16. The highest BCUT2D eigenvalue weighted by Crippen LogP contribution is 2.32. The number of pyridine rings is 1. The van der Waals surface area contributed by atoms with Crippen LogP contribution in [0.4, 0.5) is 34.9 Å². The number of fused-ring (bicyclic) bond motifs is 1. The normalized spacial score (nSPS) is 12.6. The molecule has 0 saturated heterocycles. The quantitative estimate of drug-likeness (QED) is 0.174. The molecule has 1 unspecified atom stereocenters. The van der Waals surface area contributed by atoms with Crippen LogP contribution in [0.3, 0.4) is 0 Å². The predicted molar refractivity (Wildman–Crippen MR) is 158 cm³/mol. The van der Waals surface area contributed by atoms with Gasteiger partial charge in [-0.05, 0) is 54.1 Å². The van der Waals surface area contributed by atoms with Gasteiger partial charge in [-0.3, -0.25) is 4.79 Å². The minimum atomic E-state index is -4.61. The molecule has 1 amide bonds. The maximum atomic E-state index is 14.2. The first-order valence-electron chi connectivity index (χ1n) is 13.2. The van der Waals surface area contributed by atoms with Crippen LogP contribution >= 0.6 is 0 Å². The lowest BCUT2D eigenvalue weighted by Crippen LogP contribution is -2.24. The summed E-state index contributed by atoms with van der Waals surface area (Å²) in [4.78, 5) is 16.9. The zero-order valence-electron chi connectivity index (χ0n) is 23.4. The number of amides is 1. The maximum Gasteiger partial charge on any atom is 0.422 e. The van der Waals surface area contributed by atoms with Crippen molar-refractivity contribution in [3.05, 3.63) is 96.4 Å². The molecule has 0 radical (unpaired) electrons.